The lowest BCUT2D eigenvalue weighted by Gasteiger charge is -2.60. The van der Waals surface area contributed by atoms with Crippen molar-refractivity contribution in [2.45, 2.75) is 234 Å². The second-order valence-corrected chi connectivity index (χ2v) is 24.6. The third-order valence-corrected chi connectivity index (χ3v) is 19.8. The van der Waals surface area contributed by atoms with Crippen LogP contribution >= 0.6 is 0 Å². The van der Waals surface area contributed by atoms with Crippen molar-refractivity contribution in [3.05, 3.63) is 23.8 Å². The summed E-state index contributed by atoms with van der Waals surface area (Å²) in [7, 11) is 0. The van der Waals surface area contributed by atoms with E-state index in [1.165, 1.54) is 6.92 Å². The number of hydrogen-bond donors (Lipinski definition) is 10. The average Bonchev–Trinajstić information content (AvgIpc) is 4.14. The molecule has 31 unspecified atom stereocenters. The van der Waals surface area contributed by atoms with Crippen molar-refractivity contribution in [2.24, 2.45) is 40.4 Å². The highest BCUT2D eigenvalue weighted by Crippen LogP contribution is 2.71. The summed E-state index contributed by atoms with van der Waals surface area (Å²) in [6.07, 6.45) is -27.1. The molecule has 6 aliphatic heterocycles. The molecular weight excluding hydrogens is 1080 g/mol. The van der Waals surface area contributed by atoms with E-state index in [2.05, 4.69) is 26.5 Å². The molecule has 10 aliphatic rings. The summed E-state index contributed by atoms with van der Waals surface area (Å²) in [5.74, 6) is -4.42. The highest BCUT2D eigenvalue weighted by atomic mass is 16.8. The molecule has 0 amide bonds. The van der Waals surface area contributed by atoms with Crippen LogP contribution in [0.4, 0.5) is 0 Å². The molecule has 0 aromatic carbocycles. The molecule has 6 heterocycles. The molecule has 26 nitrogen and oxygen atoms in total. The number of fused-ring (bicyclic) bond motifs is 7. The van der Waals surface area contributed by atoms with Crippen molar-refractivity contribution >= 4 is 17.9 Å². The summed E-state index contributed by atoms with van der Waals surface area (Å²) >= 11 is 0. The summed E-state index contributed by atoms with van der Waals surface area (Å²) in [6.45, 7) is 13.7. The molecule has 31 atom stereocenters. The number of allylic oxidation sites excluding steroid dienone is 1. The Hall–Kier alpha value is -2.91. The number of esters is 3. The number of carbonyl (C=O) groups is 3. The average molecular weight is 1160 g/mol. The fourth-order valence-electron chi connectivity index (χ4n) is 15.9. The van der Waals surface area contributed by atoms with Gasteiger partial charge in [-0.3, -0.25) is 14.4 Å². The molecule has 0 radical (unpaired) electrons. The molecule has 3 saturated carbocycles. The molecular formula is C55H82O26. The minimum atomic E-state index is -1.82. The van der Waals surface area contributed by atoms with Crippen LogP contribution in [0.15, 0.2) is 23.8 Å². The number of ether oxygens (including phenoxy) is 13. The minimum absolute atomic E-state index is 0.0369. The fourth-order valence-corrected chi connectivity index (χ4v) is 15.9. The second kappa shape index (κ2) is 23.4. The van der Waals surface area contributed by atoms with Gasteiger partial charge in [-0.1, -0.05) is 39.0 Å². The van der Waals surface area contributed by atoms with E-state index < -0.39 is 190 Å². The number of aliphatic hydroxyl groups is 10. The lowest BCUT2D eigenvalue weighted by molar-refractivity contribution is -0.382. The molecule has 81 heavy (non-hydrogen) atoms. The van der Waals surface area contributed by atoms with Crippen LogP contribution in [0, 0.1) is 40.4 Å². The van der Waals surface area contributed by atoms with Gasteiger partial charge < -0.3 is 113 Å². The van der Waals surface area contributed by atoms with Gasteiger partial charge in [0.05, 0.1) is 50.8 Å². The number of carbonyl (C=O) groups excluding carboxylic acids is 3. The van der Waals surface area contributed by atoms with E-state index in [9.17, 15) is 65.4 Å². The third-order valence-electron chi connectivity index (χ3n) is 19.8. The van der Waals surface area contributed by atoms with Gasteiger partial charge in [-0.15, -0.1) is 0 Å². The topological polar surface area (TPSA) is 374 Å². The first kappa shape index (κ1) is 61.2. The predicted molar refractivity (Wildman–Crippen MR) is 268 cm³/mol. The molecule has 458 valence electrons. The Labute approximate surface area is 468 Å². The maximum absolute atomic E-state index is 12.8. The van der Waals surface area contributed by atoms with Crippen molar-refractivity contribution in [1.29, 1.82) is 0 Å². The summed E-state index contributed by atoms with van der Waals surface area (Å²) in [5.41, 5.74) is 0.203. The first-order valence-electron chi connectivity index (χ1n) is 28.3. The zero-order valence-electron chi connectivity index (χ0n) is 46.5. The van der Waals surface area contributed by atoms with E-state index >= 15 is 0 Å². The van der Waals surface area contributed by atoms with Gasteiger partial charge in [0.2, 0.25) is 5.79 Å². The van der Waals surface area contributed by atoms with Crippen LogP contribution < -0.4 is 0 Å². The Morgan fingerprint density at radius 2 is 1.33 bits per heavy atom. The molecule has 10 rings (SSSR count). The number of rotatable bonds is 12. The van der Waals surface area contributed by atoms with Crippen LogP contribution in [-0.2, 0) is 76.0 Å². The predicted octanol–water partition coefficient (Wildman–Crippen LogP) is -2.14. The van der Waals surface area contributed by atoms with Crippen molar-refractivity contribution in [1.82, 2.24) is 0 Å². The van der Waals surface area contributed by atoms with Gasteiger partial charge in [0.15, 0.2) is 43.5 Å². The molecule has 1 spiro atoms. The van der Waals surface area contributed by atoms with Gasteiger partial charge >= 0.3 is 17.9 Å². The van der Waals surface area contributed by atoms with Crippen molar-refractivity contribution in [2.75, 3.05) is 26.4 Å². The van der Waals surface area contributed by atoms with Gasteiger partial charge in [-0.05, 0) is 73.7 Å². The van der Waals surface area contributed by atoms with Crippen LogP contribution in [-0.4, -0.2) is 242 Å². The first-order valence-corrected chi connectivity index (χ1v) is 28.3. The van der Waals surface area contributed by atoms with Crippen LogP contribution in [0.2, 0.25) is 0 Å². The lowest BCUT2D eigenvalue weighted by atomic mass is 9.46. The van der Waals surface area contributed by atoms with Crippen LogP contribution in [0.25, 0.3) is 0 Å². The normalized spacial score (nSPS) is 52.4. The maximum Gasteiger partial charge on any atom is 0.303 e. The lowest BCUT2D eigenvalue weighted by Crippen LogP contribution is -2.66. The first-order chi connectivity index (χ1) is 38.2. The summed E-state index contributed by atoms with van der Waals surface area (Å²) in [6, 6.07) is 0. The smallest absolute Gasteiger partial charge is 0.303 e. The monoisotopic (exact) mass is 1160 g/mol. The van der Waals surface area contributed by atoms with Crippen LogP contribution in [0.3, 0.4) is 0 Å². The van der Waals surface area contributed by atoms with Gasteiger partial charge in [0.1, 0.15) is 73.2 Å². The SMILES string of the molecule is C=C1COC2(OC3CC4C5CC=C6CC(O)CC(OC7OCC(O)C(OC8OCC(O)C(O)C8O)C7OC7OC(C)C(OC(C)=O)C(OC(C)=O)C7OC(C)=O)C6(C)C5CCC4(C)C3C2C)C(O)C1OC1OC(CO)C(O)C(O)C1O. The van der Waals surface area contributed by atoms with E-state index in [0.29, 0.717) is 31.3 Å². The fraction of sp³-hybridized carbons (Fsp3) is 0.873. The van der Waals surface area contributed by atoms with Gasteiger partial charge in [-0.25, -0.2) is 0 Å². The van der Waals surface area contributed by atoms with Crippen molar-refractivity contribution in [3.63, 3.8) is 0 Å². The summed E-state index contributed by atoms with van der Waals surface area (Å²) < 4.78 is 80.4. The van der Waals surface area contributed by atoms with Crippen LogP contribution in [0.1, 0.15) is 87.0 Å². The Morgan fingerprint density at radius 3 is 2.02 bits per heavy atom. The Balaban J connectivity index is 0.923. The third kappa shape index (κ3) is 10.7. The Bertz CT molecular complexity index is 2340. The second-order valence-electron chi connectivity index (χ2n) is 24.6. The number of hydrogen-bond acceptors (Lipinski definition) is 26. The zero-order chi connectivity index (χ0) is 58.5. The van der Waals surface area contributed by atoms with Gasteiger partial charge in [0, 0.05) is 38.5 Å². The Morgan fingerprint density at radius 1 is 0.691 bits per heavy atom. The van der Waals surface area contributed by atoms with Crippen molar-refractivity contribution in [3.8, 4) is 0 Å². The van der Waals surface area contributed by atoms with Gasteiger partial charge in [0.25, 0.3) is 0 Å². The molecule has 0 bridgehead atoms. The summed E-state index contributed by atoms with van der Waals surface area (Å²) in [5, 5.41) is 109. The molecule has 0 aromatic heterocycles. The molecule has 0 aromatic rings. The quantitative estimate of drug-likeness (QED) is 0.0566. The molecule has 4 aliphatic carbocycles. The minimum Gasteiger partial charge on any atom is -0.456 e. The zero-order valence-corrected chi connectivity index (χ0v) is 46.5. The molecule has 10 N–H and O–H groups in total. The van der Waals surface area contributed by atoms with E-state index in [-0.39, 0.29) is 48.2 Å². The van der Waals surface area contributed by atoms with E-state index in [0.717, 1.165) is 32.8 Å². The highest BCUT2D eigenvalue weighted by molar-refractivity contribution is 5.68. The highest BCUT2D eigenvalue weighted by Gasteiger charge is 2.72. The molecule has 6 saturated heterocycles. The van der Waals surface area contributed by atoms with Gasteiger partial charge in [-0.2, -0.15) is 0 Å². The standard InChI is InChI=1S/C55H82O26/c1-20-17-71-55(48(68)42(20)78-50-41(67)39(65)38(64)34(16-56)76-50)21(2)36-33(81-55)15-30-28-10-9-26-13-27(60)14-35(54(26,8)29(28)11-12-53(30,36)7)77-51-46(44(32(62)19-70-51)79-49-40(66)37(63)31(61)18-69-49)80-52-47(75-25(6)59)45(74-24(5)58)43(22(3)72-52)73-23(4)57/h9,21-22,27-52,56,60-68H,1,10-19H2,2-8H3. The largest absolute Gasteiger partial charge is 0.456 e. The number of aliphatic hydroxyl groups excluding tert-OH is 10. The van der Waals surface area contributed by atoms with Crippen LogP contribution in [0.5, 0.6) is 0 Å². The van der Waals surface area contributed by atoms with E-state index in [1.807, 2.05) is 6.92 Å². The maximum atomic E-state index is 12.8. The molecule has 26 heteroatoms. The summed E-state index contributed by atoms with van der Waals surface area (Å²) in [4.78, 5) is 37.8. The van der Waals surface area contributed by atoms with E-state index in [4.69, 9.17) is 61.6 Å². The molecule has 9 fully saturated rings. The Kier molecular flexibility index (Phi) is 17.7. The van der Waals surface area contributed by atoms with E-state index in [1.54, 1.807) is 0 Å². The van der Waals surface area contributed by atoms with Crippen molar-refractivity contribution < 1.29 is 127 Å².